The van der Waals surface area contributed by atoms with Gasteiger partial charge < -0.3 is 24.5 Å². The topological polar surface area (TPSA) is 133 Å². The molecule has 1 aromatic heterocycles. The summed E-state index contributed by atoms with van der Waals surface area (Å²) < 4.78 is 10.3. The first-order valence-corrected chi connectivity index (χ1v) is 7.57. The van der Waals surface area contributed by atoms with Crippen LogP contribution in [0.1, 0.15) is 16.1 Å². The molecule has 0 aliphatic carbocycles. The van der Waals surface area contributed by atoms with E-state index in [9.17, 15) is 19.7 Å². The number of carbonyl (C=O) groups is 2. The zero-order valence-corrected chi connectivity index (χ0v) is 13.4. The summed E-state index contributed by atoms with van der Waals surface area (Å²) >= 11 is 0. The van der Waals surface area contributed by atoms with Gasteiger partial charge in [-0.15, -0.1) is 10.1 Å². The average molecular weight is 354 g/mol. The Bertz CT molecular complexity index is 619. The van der Waals surface area contributed by atoms with Gasteiger partial charge in [-0.2, -0.15) is 0 Å². The van der Waals surface area contributed by atoms with E-state index in [1.807, 2.05) is 0 Å². The largest absolute Gasteiger partial charge is 0.443 e. The minimum atomic E-state index is -0.938. The van der Waals surface area contributed by atoms with Crippen molar-refractivity contribution in [1.82, 2.24) is 15.2 Å². The van der Waals surface area contributed by atoms with Gasteiger partial charge in [0.1, 0.15) is 13.2 Å². The minimum Gasteiger partial charge on any atom is -0.443 e. The van der Waals surface area contributed by atoms with Crippen LogP contribution in [0.15, 0.2) is 18.3 Å². The van der Waals surface area contributed by atoms with Gasteiger partial charge in [0.05, 0.1) is 24.5 Å². The molecule has 1 saturated heterocycles. The lowest BCUT2D eigenvalue weighted by atomic mass is 10.2. The SMILES string of the molecule is O=C(NCCO[N+](=O)[O-])c1cccnc1COC(=O)N1CCOCC1. The first-order chi connectivity index (χ1) is 12.1. The molecule has 0 unspecified atom stereocenters. The second-order valence-corrected chi connectivity index (χ2v) is 4.96. The Kier molecular flexibility index (Phi) is 6.89. The van der Waals surface area contributed by atoms with Crippen LogP contribution in [-0.4, -0.2) is 66.4 Å². The predicted molar refractivity (Wildman–Crippen MR) is 82.1 cm³/mol. The van der Waals surface area contributed by atoms with Gasteiger partial charge in [0.2, 0.25) is 0 Å². The standard InChI is InChI=1S/C14H18N4O7/c19-13(16-4-7-25-18(21)22)11-2-1-3-15-12(11)10-24-14(20)17-5-8-23-9-6-17/h1-3H,4-10H2,(H,16,19). The van der Waals surface area contributed by atoms with Gasteiger partial charge >= 0.3 is 6.09 Å². The second-order valence-electron chi connectivity index (χ2n) is 4.96. The number of amides is 2. The van der Waals surface area contributed by atoms with E-state index >= 15 is 0 Å². The van der Waals surface area contributed by atoms with Crippen molar-refractivity contribution in [1.29, 1.82) is 0 Å². The van der Waals surface area contributed by atoms with Crippen LogP contribution in [-0.2, 0) is 20.9 Å². The zero-order chi connectivity index (χ0) is 18.1. The summed E-state index contributed by atoms with van der Waals surface area (Å²) in [6.07, 6.45) is 0.976. The third-order valence-corrected chi connectivity index (χ3v) is 3.32. The Hall–Kier alpha value is -2.95. The fourth-order valence-electron chi connectivity index (χ4n) is 2.11. The molecule has 136 valence electrons. The number of carbonyl (C=O) groups excluding carboxylic acids is 2. The number of aromatic nitrogens is 1. The van der Waals surface area contributed by atoms with Gasteiger partial charge in [0, 0.05) is 25.8 Å². The quantitative estimate of drug-likeness (QED) is 0.410. The molecule has 11 nitrogen and oxygen atoms in total. The van der Waals surface area contributed by atoms with E-state index in [4.69, 9.17) is 9.47 Å². The van der Waals surface area contributed by atoms with Gasteiger partial charge in [-0.3, -0.25) is 9.78 Å². The van der Waals surface area contributed by atoms with Crippen molar-refractivity contribution in [2.75, 3.05) is 39.5 Å². The smallest absolute Gasteiger partial charge is 0.410 e. The van der Waals surface area contributed by atoms with Crippen molar-refractivity contribution < 1.29 is 29.0 Å². The summed E-state index contributed by atoms with van der Waals surface area (Å²) in [5.74, 6) is -0.488. The molecule has 0 atom stereocenters. The molecule has 1 aromatic rings. The first kappa shape index (κ1) is 18.4. The predicted octanol–water partition coefficient (Wildman–Crippen LogP) is -0.0115. The zero-order valence-electron chi connectivity index (χ0n) is 13.4. The van der Waals surface area contributed by atoms with Crippen LogP contribution in [0.5, 0.6) is 0 Å². The third-order valence-electron chi connectivity index (χ3n) is 3.32. The number of morpholine rings is 1. The number of hydrogen-bond acceptors (Lipinski definition) is 8. The maximum Gasteiger partial charge on any atom is 0.410 e. The number of nitrogens with zero attached hydrogens (tertiary/aromatic N) is 3. The van der Waals surface area contributed by atoms with Gasteiger partial charge in [-0.25, -0.2) is 4.79 Å². The molecule has 1 N–H and O–H groups in total. The summed E-state index contributed by atoms with van der Waals surface area (Å²) in [4.78, 5) is 43.8. The summed E-state index contributed by atoms with van der Waals surface area (Å²) in [5, 5.41) is 11.6. The van der Waals surface area contributed by atoms with Gasteiger partial charge in [-0.05, 0) is 12.1 Å². The molecule has 1 aliphatic rings. The summed E-state index contributed by atoms with van der Waals surface area (Å²) in [7, 11) is 0. The van der Waals surface area contributed by atoms with E-state index in [1.54, 1.807) is 6.07 Å². The van der Waals surface area contributed by atoms with Crippen LogP contribution in [0.4, 0.5) is 4.79 Å². The van der Waals surface area contributed by atoms with Crippen LogP contribution >= 0.6 is 0 Å². The van der Waals surface area contributed by atoms with E-state index in [0.29, 0.717) is 26.3 Å². The number of hydrogen-bond donors (Lipinski definition) is 1. The van der Waals surface area contributed by atoms with Crippen molar-refractivity contribution in [2.24, 2.45) is 0 Å². The minimum absolute atomic E-state index is 0.0400. The molecule has 25 heavy (non-hydrogen) atoms. The lowest BCUT2D eigenvalue weighted by Gasteiger charge is -2.26. The summed E-state index contributed by atoms with van der Waals surface area (Å²) in [5.41, 5.74) is 0.509. The molecule has 0 spiro atoms. The fourth-order valence-corrected chi connectivity index (χ4v) is 2.11. The van der Waals surface area contributed by atoms with E-state index in [2.05, 4.69) is 15.1 Å². The molecule has 11 heteroatoms. The molecule has 2 amide bonds. The Morgan fingerprint density at radius 2 is 2.16 bits per heavy atom. The lowest BCUT2D eigenvalue weighted by molar-refractivity contribution is -0.757. The lowest BCUT2D eigenvalue weighted by Crippen LogP contribution is -2.41. The van der Waals surface area contributed by atoms with Crippen molar-refractivity contribution >= 4 is 12.0 Å². The van der Waals surface area contributed by atoms with Crippen LogP contribution in [0.3, 0.4) is 0 Å². The van der Waals surface area contributed by atoms with Gasteiger partial charge in [-0.1, -0.05) is 0 Å². The van der Waals surface area contributed by atoms with Crippen molar-refractivity contribution in [3.63, 3.8) is 0 Å². The highest BCUT2D eigenvalue weighted by molar-refractivity contribution is 5.95. The van der Waals surface area contributed by atoms with E-state index in [0.717, 1.165) is 0 Å². The molecule has 0 bridgehead atoms. The molecule has 2 rings (SSSR count). The molecule has 1 fully saturated rings. The molecule has 1 aliphatic heterocycles. The number of pyridine rings is 1. The maximum atomic E-state index is 12.1. The molecule has 0 radical (unpaired) electrons. The highest BCUT2D eigenvalue weighted by atomic mass is 16.9. The van der Waals surface area contributed by atoms with Crippen LogP contribution < -0.4 is 5.32 Å². The third kappa shape index (κ3) is 5.88. The molecule has 0 saturated carbocycles. The summed E-state index contributed by atoms with van der Waals surface area (Å²) in [6, 6.07) is 3.09. The number of ether oxygens (including phenoxy) is 2. The Morgan fingerprint density at radius 3 is 2.88 bits per heavy atom. The highest BCUT2D eigenvalue weighted by Crippen LogP contribution is 2.09. The first-order valence-electron chi connectivity index (χ1n) is 7.57. The number of rotatable bonds is 7. The van der Waals surface area contributed by atoms with E-state index in [-0.39, 0.29) is 31.0 Å². The van der Waals surface area contributed by atoms with Crippen LogP contribution in [0, 0.1) is 10.1 Å². The van der Waals surface area contributed by atoms with E-state index in [1.165, 1.54) is 17.2 Å². The fraction of sp³-hybridized carbons (Fsp3) is 0.500. The average Bonchev–Trinajstić information content (AvgIpc) is 2.64. The van der Waals surface area contributed by atoms with E-state index < -0.39 is 17.1 Å². The van der Waals surface area contributed by atoms with Crippen molar-refractivity contribution in [3.05, 3.63) is 39.7 Å². The van der Waals surface area contributed by atoms with Gasteiger partial charge in [0.15, 0.2) is 0 Å². The molecule has 2 heterocycles. The van der Waals surface area contributed by atoms with Crippen molar-refractivity contribution in [2.45, 2.75) is 6.61 Å². The monoisotopic (exact) mass is 354 g/mol. The highest BCUT2D eigenvalue weighted by Gasteiger charge is 2.19. The molecule has 0 aromatic carbocycles. The van der Waals surface area contributed by atoms with Crippen LogP contribution in [0.2, 0.25) is 0 Å². The number of nitrogens with one attached hydrogen (secondary N) is 1. The van der Waals surface area contributed by atoms with Crippen LogP contribution in [0.25, 0.3) is 0 Å². The normalized spacial score (nSPS) is 13.8. The van der Waals surface area contributed by atoms with Crippen molar-refractivity contribution in [3.8, 4) is 0 Å². The Labute approximate surface area is 143 Å². The summed E-state index contributed by atoms with van der Waals surface area (Å²) in [6.45, 7) is 1.35. The Balaban J connectivity index is 1.87. The van der Waals surface area contributed by atoms with Gasteiger partial charge in [0.25, 0.3) is 11.0 Å². The second kappa shape index (κ2) is 9.37. The maximum absolute atomic E-state index is 12.1. The Morgan fingerprint density at radius 1 is 1.40 bits per heavy atom. The molecular formula is C14H18N4O7. The molecular weight excluding hydrogens is 336 g/mol.